The number of halogens is 2. The van der Waals surface area contributed by atoms with Gasteiger partial charge in [-0.3, -0.25) is 0 Å². The number of rotatable bonds is 13. The molecule has 0 bridgehead atoms. The third-order valence-corrected chi connectivity index (χ3v) is 3.89. The fourth-order valence-corrected chi connectivity index (χ4v) is 2.54. The van der Waals surface area contributed by atoms with E-state index in [1.807, 2.05) is 0 Å². The maximum absolute atomic E-state index is 5.54. The van der Waals surface area contributed by atoms with Crippen molar-refractivity contribution >= 4 is 36.2 Å². The van der Waals surface area contributed by atoms with Gasteiger partial charge in [0.15, 0.2) is 0 Å². The summed E-state index contributed by atoms with van der Waals surface area (Å²) in [5.74, 6) is 0. The van der Waals surface area contributed by atoms with Gasteiger partial charge in [0.2, 0.25) is 0 Å². The smallest absolute Gasteiger partial charge is 0.0518 e. The molecule has 1 unspecified atom stereocenters. The van der Waals surface area contributed by atoms with E-state index in [9.17, 15) is 0 Å². The highest BCUT2D eigenvalue weighted by Crippen LogP contribution is 2.16. The summed E-state index contributed by atoms with van der Waals surface area (Å²) in [6, 6.07) is 9.16. The lowest BCUT2D eigenvalue weighted by molar-refractivity contribution is 0.0787. The van der Waals surface area contributed by atoms with Gasteiger partial charge in [-0.05, 0) is 57.9 Å². The molecule has 0 radical (unpaired) electrons. The minimum Gasteiger partial charge on any atom is -0.385 e. The normalized spacial score (nSPS) is 11.4. The molecule has 148 valence electrons. The second kappa shape index (κ2) is 16.8. The molecule has 0 amide bonds. The molecule has 1 atom stereocenters. The summed E-state index contributed by atoms with van der Waals surface area (Å²) in [5, 5.41) is 7.03. The maximum atomic E-state index is 5.54. The van der Waals surface area contributed by atoms with Gasteiger partial charge in [-0.2, -0.15) is 0 Å². The van der Waals surface area contributed by atoms with Gasteiger partial charge in [-0.25, -0.2) is 0 Å². The van der Waals surface area contributed by atoms with Crippen molar-refractivity contribution < 1.29 is 4.74 Å². The van der Waals surface area contributed by atoms with Crippen molar-refractivity contribution in [1.82, 2.24) is 0 Å². The van der Waals surface area contributed by atoms with Gasteiger partial charge in [-0.1, -0.05) is 32.6 Å². The highest BCUT2D eigenvalue weighted by atomic mass is 35.5. The summed E-state index contributed by atoms with van der Waals surface area (Å²) in [4.78, 5) is 0. The molecule has 25 heavy (non-hydrogen) atoms. The van der Waals surface area contributed by atoms with E-state index in [0.717, 1.165) is 19.6 Å². The Kier molecular flexibility index (Phi) is 17.9. The molecule has 5 heteroatoms. The third-order valence-electron chi connectivity index (χ3n) is 3.89. The lowest BCUT2D eigenvalue weighted by Crippen LogP contribution is -2.14. The fourth-order valence-electron chi connectivity index (χ4n) is 2.54. The predicted octanol–water partition coefficient (Wildman–Crippen LogP) is 6.53. The van der Waals surface area contributed by atoms with E-state index in [-0.39, 0.29) is 24.8 Å². The highest BCUT2D eigenvalue weighted by Gasteiger charge is 2.02. The number of benzene rings is 1. The molecule has 0 aromatic heterocycles. The summed E-state index contributed by atoms with van der Waals surface area (Å²) in [6.45, 7) is 10.4. The number of ether oxygens (including phenoxy) is 1. The lowest BCUT2D eigenvalue weighted by atomic mass is 10.1. The molecular formula is C20H38Cl2N2O. The Balaban J connectivity index is 0. The van der Waals surface area contributed by atoms with E-state index in [1.165, 1.54) is 43.5 Å². The highest BCUT2D eigenvalue weighted by molar-refractivity contribution is 5.85. The Morgan fingerprint density at radius 3 is 2.12 bits per heavy atom. The van der Waals surface area contributed by atoms with Crippen LogP contribution in [0.2, 0.25) is 0 Å². The van der Waals surface area contributed by atoms with Gasteiger partial charge in [0.1, 0.15) is 0 Å². The van der Waals surface area contributed by atoms with Crippen LogP contribution >= 0.6 is 24.8 Å². The average molecular weight is 393 g/mol. The Bertz CT molecular complexity index is 399. The van der Waals surface area contributed by atoms with Gasteiger partial charge in [0, 0.05) is 30.6 Å². The van der Waals surface area contributed by atoms with Crippen LogP contribution in [0.1, 0.15) is 66.2 Å². The number of unbranched alkanes of at least 4 members (excludes halogenated alkanes) is 3. The van der Waals surface area contributed by atoms with Gasteiger partial charge in [-0.15, -0.1) is 24.8 Å². The van der Waals surface area contributed by atoms with Crippen molar-refractivity contribution in [3.63, 3.8) is 0 Å². The molecular weight excluding hydrogens is 355 g/mol. The van der Waals surface area contributed by atoms with Crippen LogP contribution in [-0.4, -0.2) is 25.3 Å². The second-order valence-corrected chi connectivity index (χ2v) is 6.67. The monoisotopic (exact) mass is 392 g/mol. The Morgan fingerprint density at radius 2 is 1.52 bits per heavy atom. The van der Waals surface area contributed by atoms with E-state index < -0.39 is 0 Å². The zero-order valence-corrected chi connectivity index (χ0v) is 18.0. The maximum Gasteiger partial charge on any atom is 0.0518 e. The topological polar surface area (TPSA) is 33.3 Å². The molecule has 1 rings (SSSR count). The molecule has 0 aliphatic rings. The Labute approximate surface area is 167 Å². The molecule has 2 N–H and O–H groups in total. The third kappa shape index (κ3) is 14.2. The SMILES string of the molecule is CCCCCCC(C)Nc1ccc(NCCCOC(C)C)cc1.Cl.Cl. The number of hydrogen-bond donors (Lipinski definition) is 2. The first kappa shape index (κ1) is 26.6. The van der Waals surface area contributed by atoms with Gasteiger partial charge >= 0.3 is 0 Å². The lowest BCUT2D eigenvalue weighted by Gasteiger charge is -2.16. The van der Waals surface area contributed by atoms with Crippen molar-refractivity contribution in [3.05, 3.63) is 24.3 Å². The summed E-state index contributed by atoms with van der Waals surface area (Å²) in [5.41, 5.74) is 2.39. The van der Waals surface area contributed by atoms with Crippen LogP contribution < -0.4 is 10.6 Å². The molecule has 0 spiro atoms. The second-order valence-electron chi connectivity index (χ2n) is 6.67. The summed E-state index contributed by atoms with van der Waals surface area (Å²) in [7, 11) is 0. The molecule has 0 saturated heterocycles. The molecule has 0 saturated carbocycles. The molecule has 1 aromatic carbocycles. The van der Waals surface area contributed by atoms with Gasteiger partial charge in [0.05, 0.1) is 6.10 Å². The first-order valence-electron chi connectivity index (χ1n) is 9.34. The molecule has 3 nitrogen and oxygen atoms in total. The molecule has 0 aliphatic carbocycles. The van der Waals surface area contributed by atoms with Crippen LogP contribution in [0.5, 0.6) is 0 Å². The molecule has 0 heterocycles. The van der Waals surface area contributed by atoms with Crippen LogP contribution in [0, 0.1) is 0 Å². The minimum absolute atomic E-state index is 0. The van der Waals surface area contributed by atoms with Crippen LogP contribution in [0.25, 0.3) is 0 Å². The first-order chi connectivity index (χ1) is 11.1. The van der Waals surface area contributed by atoms with Crippen molar-refractivity contribution in [3.8, 4) is 0 Å². The standard InChI is InChI=1S/C20H36N2O.2ClH/c1-5-6-7-8-10-18(4)22-20-13-11-19(12-14-20)21-15-9-16-23-17(2)3;;/h11-14,17-18,21-22H,5-10,15-16H2,1-4H3;2*1H. The van der Waals surface area contributed by atoms with Gasteiger partial charge in [0.25, 0.3) is 0 Å². The summed E-state index contributed by atoms with van der Waals surface area (Å²) in [6.07, 6.45) is 7.94. The number of nitrogens with one attached hydrogen (secondary N) is 2. The van der Waals surface area contributed by atoms with Crippen LogP contribution in [-0.2, 0) is 4.74 Å². The number of anilines is 2. The van der Waals surface area contributed by atoms with Crippen molar-refractivity contribution in [2.24, 2.45) is 0 Å². The quantitative estimate of drug-likeness (QED) is 0.374. The average Bonchev–Trinajstić information content (AvgIpc) is 2.52. The van der Waals surface area contributed by atoms with Gasteiger partial charge < -0.3 is 15.4 Å². The van der Waals surface area contributed by atoms with E-state index in [0.29, 0.717) is 12.1 Å². The first-order valence-corrected chi connectivity index (χ1v) is 9.34. The molecule has 0 fully saturated rings. The van der Waals surface area contributed by atoms with E-state index in [1.54, 1.807) is 0 Å². The van der Waals surface area contributed by atoms with Crippen LogP contribution in [0.3, 0.4) is 0 Å². The van der Waals surface area contributed by atoms with E-state index in [2.05, 4.69) is 62.6 Å². The van der Waals surface area contributed by atoms with Crippen molar-refractivity contribution in [1.29, 1.82) is 0 Å². The Hall–Kier alpha value is -0.640. The zero-order chi connectivity index (χ0) is 16.9. The summed E-state index contributed by atoms with van der Waals surface area (Å²) < 4.78 is 5.54. The zero-order valence-electron chi connectivity index (χ0n) is 16.3. The van der Waals surface area contributed by atoms with Crippen LogP contribution in [0.4, 0.5) is 11.4 Å². The summed E-state index contributed by atoms with van der Waals surface area (Å²) >= 11 is 0. The minimum atomic E-state index is 0. The van der Waals surface area contributed by atoms with Crippen molar-refractivity contribution in [2.75, 3.05) is 23.8 Å². The number of hydrogen-bond acceptors (Lipinski definition) is 3. The fraction of sp³-hybridized carbons (Fsp3) is 0.700. The molecule has 1 aromatic rings. The van der Waals surface area contributed by atoms with E-state index >= 15 is 0 Å². The largest absolute Gasteiger partial charge is 0.385 e. The van der Waals surface area contributed by atoms with Crippen LogP contribution in [0.15, 0.2) is 24.3 Å². The van der Waals surface area contributed by atoms with E-state index in [4.69, 9.17) is 4.74 Å². The van der Waals surface area contributed by atoms with Crippen molar-refractivity contribution in [2.45, 2.75) is 78.4 Å². The predicted molar refractivity (Wildman–Crippen MR) is 117 cm³/mol. The molecule has 0 aliphatic heterocycles. The Morgan fingerprint density at radius 1 is 0.880 bits per heavy atom.